The molecule has 0 saturated heterocycles. The van der Waals surface area contributed by atoms with Gasteiger partial charge in [-0.25, -0.2) is 9.67 Å². The van der Waals surface area contributed by atoms with Crippen molar-refractivity contribution in [1.29, 1.82) is 0 Å². The summed E-state index contributed by atoms with van der Waals surface area (Å²) < 4.78 is 1.72. The Labute approximate surface area is 146 Å². The van der Waals surface area contributed by atoms with Gasteiger partial charge < -0.3 is 4.90 Å². The van der Waals surface area contributed by atoms with E-state index in [9.17, 15) is 4.79 Å². The second-order valence-electron chi connectivity index (χ2n) is 6.39. The molecule has 3 aromatic rings. The van der Waals surface area contributed by atoms with Crippen LogP contribution >= 0.6 is 0 Å². The van der Waals surface area contributed by atoms with Crippen LogP contribution in [-0.2, 0) is 6.42 Å². The molecule has 126 valence electrons. The number of aryl methyl sites for hydroxylation is 2. The SMILES string of the molecule is Cc1cccc2c1N(C(=O)c1cnn(-c3ccccn3)c1C)CCC2. The molecule has 0 spiro atoms. The van der Waals surface area contributed by atoms with Crippen molar-refractivity contribution < 1.29 is 4.79 Å². The van der Waals surface area contributed by atoms with Gasteiger partial charge in [0.1, 0.15) is 0 Å². The van der Waals surface area contributed by atoms with Gasteiger partial charge in [0.15, 0.2) is 5.82 Å². The molecule has 25 heavy (non-hydrogen) atoms. The molecule has 0 N–H and O–H groups in total. The third-order valence-corrected chi connectivity index (χ3v) is 4.77. The van der Waals surface area contributed by atoms with Crippen molar-refractivity contribution in [2.45, 2.75) is 26.7 Å². The lowest BCUT2D eigenvalue weighted by molar-refractivity contribution is 0.0984. The summed E-state index contributed by atoms with van der Waals surface area (Å²) in [6.07, 6.45) is 5.38. The van der Waals surface area contributed by atoms with Crippen LogP contribution in [0.15, 0.2) is 48.8 Å². The number of fused-ring (bicyclic) bond motifs is 1. The first-order valence-electron chi connectivity index (χ1n) is 8.53. The lowest BCUT2D eigenvalue weighted by Gasteiger charge is -2.31. The third-order valence-electron chi connectivity index (χ3n) is 4.77. The molecule has 0 atom stereocenters. The topological polar surface area (TPSA) is 51.0 Å². The average molecular weight is 332 g/mol. The highest BCUT2D eigenvalue weighted by Gasteiger charge is 2.27. The largest absolute Gasteiger partial charge is 0.308 e. The van der Waals surface area contributed by atoms with E-state index in [-0.39, 0.29) is 5.91 Å². The van der Waals surface area contributed by atoms with Crippen LogP contribution in [0.1, 0.15) is 33.6 Å². The summed E-state index contributed by atoms with van der Waals surface area (Å²) in [5.74, 6) is 0.726. The third kappa shape index (κ3) is 2.61. The van der Waals surface area contributed by atoms with Gasteiger partial charge in [-0.1, -0.05) is 24.3 Å². The quantitative estimate of drug-likeness (QED) is 0.722. The summed E-state index contributed by atoms with van der Waals surface area (Å²) in [6, 6.07) is 11.9. The zero-order valence-corrected chi connectivity index (χ0v) is 14.4. The van der Waals surface area contributed by atoms with E-state index in [4.69, 9.17) is 0 Å². The standard InChI is InChI=1S/C20H20N4O/c1-14-7-5-8-16-9-6-12-23(19(14)16)20(25)17-13-22-24(15(17)2)18-10-3-4-11-21-18/h3-5,7-8,10-11,13H,6,9,12H2,1-2H3. The van der Waals surface area contributed by atoms with E-state index in [0.29, 0.717) is 11.4 Å². The Morgan fingerprint density at radius 2 is 2.00 bits per heavy atom. The van der Waals surface area contributed by atoms with Gasteiger partial charge in [0.2, 0.25) is 0 Å². The van der Waals surface area contributed by atoms with Crippen molar-refractivity contribution in [3.8, 4) is 5.82 Å². The molecule has 5 nitrogen and oxygen atoms in total. The van der Waals surface area contributed by atoms with Gasteiger partial charge in [-0.15, -0.1) is 0 Å². The van der Waals surface area contributed by atoms with Gasteiger partial charge in [-0.3, -0.25) is 4.79 Å². The number of pyridine rings is 1. The maximum Gasteiger partial charge on any atom is 0.261 e. The molecule has 1 aliphatic heterocycles. The fourth-order valence-corrected chi connectivity index (χ4v) is 3.53. The van der Waals surface area contributed by atoms with E-state index in [1.807, 2.05) is 30.0 Å². The second kappa shape index (κ2) is 6.16. The Balaban J connectivity index is 1.73. The monoisotopic (exact) mass is 332 g/mol. The number of aromatic nitrogens is 3. The van der Waals surface area contributed by atoms with Crippen LogP contribution < -0.4 is 4.90 Å². The molecule has 0 aliphatic carbocycles. The van der Waals surface area contributed by atoms with Crippen molar-refractivity contribution in [2.75, 3.05) is 11.4 Å². The highest BCUT2D eigenvalue weighted by atomic mass is 16.2. The number of rotatable bonds is 2. The first-order chi connectivity index (χ1) is 12.2. The number of para-hydroxylation sites is 1. The molecule has 0 radical (unpaired) electrons. The Hall–Kier alpha value is -2.95. The highest BCUT2D eigenvalue weighted by molar-refractivity contribution is 6.07. The van der Waals surface area contributed by atoms with Crippen molar-refractivity contribution in [2.24, 2.45) is 0 Å². The molecule has 1 aromatic carbocycles. The van der Waals surface area contributed by atoms with E-state index in [2.05, 4.69) is 35.2 Å². The molecule has 0 bridgehead atoms. The zero-order chi connectivity index (χ0) is 17.4. The van der Waals surface area contributed by atoms with Crippen LogP contribution in [-0.4, -0.2) is 27.2 Å². The highest BCUT2D eigenvalue weighted by Crippen LogP contribution is 2.32. The van der Waals surface area contributed by atoms with Gasteiger partial charge in [-0.2, -0.15) is 5.10 Å². The number of hydrogen-bond acceptors (Lipinski definition) is 3. The number of carbonyl (C=O) groups excluding carboxylic acids is 1. The molecule has 4 rings (SSSR count). The Kier molecular flexibility index (Phi) is 3.84. The molecule has 3 heterocycles. The molecule has 1 amide bonds. The van der Waals surface area contributed by atoms with Gasteiger partial charge >= 0.3 is 0 Å². The lowest BCUT2D eigenvalue weighted by atomic mass is 9.97. The van der Waals surface area contributed by atoms with Crippen LogP contribution in [0.25, 0.3) is 5.82 Å². The predicted octanol–water partition coefficient (Wildman–Crippen LogP) is 3.48. The first-order valence-corrected chi connectivity index (χ1v) is 8.53. The normalized spacial score (nSPS) is 13.6. The maximum atomic E-state index is 13.2. The van der Waals surface area contributed by atoms with E-state index < -0.39 is 0 Å². The molecular formula is C20H20N4O. The van der Waals surface area contributed by atoms with E-state index in [1.165, 1.54) is 5.56 Å². The van der Waals surface area contributed by atoms with Crippen LogP contribution in [0.3, 0.4) is 0 Å². The van der Waals surface area contributed by atoms with Gasteiger partial charge in [0.25, 0.3) is 5.91 Å². The summed E-state index contributed by atoms with van der Waals surface area (Å²) in [5.41, 5.74) is 4.88. The molecule has 1 aliphatic rings. The summed E-state index contributed by atoms with van der Waals surface area (Å²) in [5, 5.41) is 4.39. The number of amides is 1. The molecule has 0 unspecified atom stereocenters. The number of anilines is 1. The number of hydrogen-bond donors (Lipinski definition) is 0. The van der Waals surface area contributed by atoms with Crippen molar-refractivity contribution in [3.05, 3.63) is 71.2 Å². The molecule has 5 heteroatoms. The van der Waals surface area contributed by atoms with Crippen molar-refractivity contribution in [1.82, 2.24) is 14.8 Å². The minimum absolute atomic E-state index is 0.00920. The summed E-state index contributed by atoms with van der Waals surface area (Å²) in [4.78, 5) is 19.5. The molecule has 2 aromatic heterocycles. The van der Waals surface area contributed by atoms with Crippen LogP contribution in [0.2, 0.25) is 0 Å². The van der Waals surface area contributed by atoms with Crippen molar-refractivity contribution >= 4 is 11.6 Å². The zero-order valence-electron chi connectivity index (χ0n) is 14.4. The minimum atomic E-state index is 0.00920. The fourth-order valence-electron chi connectivity index (χ4n) is 3.53. The minimum Gasteiger partial charge on any atom is -0.308 e. The summed E-state index contributed by atoms with van der Waals surface area (Å²) >= 11 is 0. The number of carbonyl (C=O) groups is 1. The molecular weight excluding hydrogens is 312 g/mol. The first kappa shape index (κ1) is 15.6. The maximum absolute atomic E-state index is 13.2. The smallest absolute Gasteiger partial charge is 0.261 e. The lowest BCUT2D eigenvalue weighted by Crippen LogP contribution is -2.36. The van der Waals surface area contributed by atoms with Gasteiger partial charge in [-0.05, 0) is 49.9 Å². The number of benzene rings is 1. The van der Waals surface area contributed by atoms with Crippen LogP contribution in [0, 0.1) is 13.8 Å². The van der Waals surface area contributed by atoms with Crippen LogP contribution in [0.5, 0.6) is 0 Å². The Morgan fingerprint density at radius 1 is 1.12 bits per heavy atom. The number of nitrogens with zero attached hydrogens (tertiary/aromatic N) is 4. The Morgan fingerprint density at radius 3 is 2.80 bits per heavy atom. The van der Waals surface area contributed by atoms with E-state index >= 15 is 0 Å². The fraction of sp³-hybridized carbons (Fsp3) is 0.250. The molecule has 0 saturated carbocycles. The van der Waals surface area contributed by atoms with E-state index in [1.54, 1.807) is 17.1 Å². The molecule has 0 fully saturated rings. The second-order valence-corrected chi connectivity index (χ2v) is 6.39. The summed E-state index contributed by atoms with van der Waals surface area (Å²) in [7, 11) is 0. The van der Waals surface area contributed by atoms with E-state index in [0.717, 1.165) is 36.3 Å². The Bertz CT molecular complexity index is 930. The van der Waals surface area contributed by atoms with Crippen molar-refractivity contribution in [3.63, 3.8) is 0 Å². The average Bonchev–Trinajstić information content (AvgIpc) is 3.03. The summed E-state index contributed by atoms with van der Waals surface area (Å²) in [6.45, 7) is 4.72. The van der Waals surface area contributed by atoms with Gasteiger partial charge in [0, 0.05) is 12.7 Å². The van der Waals surface area contributed by atoms with Gasteiger partial charge in [0.05, 0.1) is 23.1 Å². The van der Waals surface area contributed by atoms with Crippen LogP contribution in [0.4, 0.5) is 5.69 Å². The predicted molar refractivity (Wildman–Crippen MR) is 97.3 cm³/mol.